The molecular weight excluding hydrogens is 314 g/mol. The maximum Gasteiger partial charge on any atom is 0.251 e. The maximum absolute atomic E-state index is 12.2. The number of nitrogens with zero attached hydrogens (tertiary/aromatic N) is 2. The van der Waals surface area contributed by atoms with Crippen molar-refractivity contribution < 1.29 is 9.21 Å². The van der Waals surface area contributed by atoms with E-state index in [1.54, 1.807) is 6.26 Å². The number of hydrogen-bond acceptors (Lipinski definition) is 4. The molecule has 2 aromatic carbocycles. The van der Waals surface area contributed by atoms with Crippen molar-refractivity contribution in [3.8, 4) is 11.5 Å². The van der Waals surface area contributed by atoms with Gasteiger partial charge in [0.15, 0.2) is 0 Å². The van der Waals surface area contributed by atoms with Gasteiger partial charge in [-0.3, -0.25) is 4.79 Å². The molecule has 1 amide bonds. The summed E-state index contributed by atoms with van der Waals surface area (Å²) in [5, 5.41) is 2.91. The summed E-state index contributed by atoms with van der Waals surface area (Å²) >= 11 is 0. The molecule has 0 fully saturated rings. The molecule has 1 aromatic heterocycles. The second kappa shape index (κ2) is 7.66. The smallest absolute Gasteiger partial charge is 0.251 e. The molecule has 3 aromatic rings. The molecule has 1 heterocycles. The summed E-state index contributed by atoms with van der Waals surface area (Å²) in [5.41, 5.74) is 3.48. The number of carbonyl (C=O) groups is 1. The molecule has 0 spiro atoms. The molecule has 0 saturated carbocycles. The van der Waals surface area contributed by atoms with Crippen LogP contribution in [0.4, 0.5) is 5.69 Å². The van der Waals surface area contributed by atoms with Gasteiger partial charge in [-0.2, -0.15) is 0 Å². The van der Waals surface area contributed by atoms with Gasteiger partial charge in [0.25, 0.3) is 5.91 Å². The van der Waals surface area contributed by atoms with Crippen molar-refractivity contribution in [2.24, 2.45) is 0 Å². The normalized spacial score (nSPS) is 10.5. The number of oxazole rings is 1. The Labute approximate surface area is 147 Å². The Kier molecular flexibility index (Phi) is 5.14. The van der Waals surface area contributed by atoms with E-state index in [0.29, 0.717) is 24.4 Å². The van der Waals surface area contributed by atoms with E-state index in [1.807, 2.05) is 73.6 Å². The summed E-state index contributed by atoms with van der Waals surface area (Å²) < 4.78 is 5.50. The molecule has 0 aliphatic heterocycles. The Bertz CT molecular complexity index is 824. The van der Waals surface area contributed by atoms with Gasteiger partial charge in [0.05, 0.1) is 5.69 Å². The van der Waals surface area contributed by atoms with Crippen molar-refractivity contribution in [3.05, 3.63) is 72.1 Å². The zero-order chi connectivity index (χ0) is 17.6. The minimum absolute atomic E-state index is 0.0860. The van der Waals surface area contributed by atoms with Crippen LogP contribution in [-0.2, 0) is 6.42 Å². The Balaban J connectivity index is 1.53. The van der Waals surface area contributed by atoms with Gasteiger partial charge in [0.2, 0.25) is 5.89 Å². The Hall–Kier alpha value is -3.08. The minimum atomic E-state index is -0.0860. The fourth-order valence-corrected chi connectivity index (χ4v) is 2.45. The van der Waals surface area contributed by atoms with E-state index in [0.717, 1.165) is 16.9 Å². The monoisotopic (exact) mass is 335 g/mol. The fourth-order valence-electron chi connectivity index (χ4n) is 2.45. The second-order valence-corrected chi connectivity index (χ2v) is 5.96. The lowest BCUT2D eigenvalue weighted by Crippen LogP contribution is -2.25. The SMILES string of the molecule is CN(C)c1ccc(C(=O)NCCc2coc(-c3ccccc3)n2)cc1. The highest BCUT2D eigenvalue weighted by Gasteiger charge is 2.08. The first-order valence-corrected chi connectivity index (χ1v) is 8.19. The Morgan fingerprint density at radius 2 is 1.80 bits per heavy atom. The number of nitrogens with one attached hydrogen (secondary N) is 1. The highest BCUT2D eigenvalue weighted by molar-refractivity contribution is 5.94. The largest absolute Gasteiger partial charge is 0.444 e. The molecule has 25 heavy (non-hydrogen) atoms. The average Bonchev–Trinajstić information content (AvgIpc) is 3.11. The summed E-state index contributed by atoms with van der Waals surface area (Å²) in [6.07, 6.45) is 2.26. The van der Waals surface area contributed by atoms with Crippen molar-refractivity contribution in [2.75, 3.05) is 25.5 Å². The first kappa shape index (κ1) is 16.8. The number of benzene rings is 2. The molecule has 3 rings (SSSR count). The summed E-state index contributed by atoms with van der Waals surface area (Å²) in [6.45, 7) is 0.509. The lowest BCUT2D eigenvalue weighted by Gasteiger charge is -2.12. The standard InChI is InChI=1S/C20H21N3O2/c1-23(2)18-10-8-15(9-11-18)19(24)21-13-12-17-14-25-20(22-17)16-6-4-3-5-7-16/h3-11,14H,12-13H2,1-2H3,(H,21,24). The van der Waals surface area contributed by atoms with Crippen LogP contribution in [0.25, 0.3) is 11.5 Å². The van der Waals surface area contributed by atoms with Gasteiger partial charge in [-0.05, 0) is 36.4 Å². The molecule has 0 aliphatic carbocycles. The lowest BCUT2D eigenvalue weighted by molar-refractivity contribution is 0.0954. The van der Waals surface area contributed by atoms with Gasteiger partial charge in [-0.1, -0.05) is 18.2 Å². The van der Waals surface area contributed by atoms with E-state index in [-0.39, 0.29) is 5.91 Å². The van der Waals surface area contributed by atoms with Crippen LogP contribution in [0, 0.1) is 0 Å². The molecule has 128 valence electrons. The number of rotatable bonds is 6. The van der Waals surface area contributed by atoms with E-state index in [4.69, 9.17) is 4.42 Å². The number of aromatic nitrogens is 1. The first-order chi connectivity index (χ1) is 12.1. The summed E-state index contributed by atoms with van der Waals surface area (Å²) in [4.78, 5) is 18.6. The van der Waals surface area contributed by atoms with Crippen LogP contribution in [0.2, 0.25) is 0 Å². The van der Waals surface area contributed by atoms with Crippen molar-refractivity contribution >= 4 is 11.6 Å². The van der Waals surface area contributed by atoms with Crippen LogP contribution in [-0.4, -0.2) is 31.5 Å². The third-order valence-electron chi connectivity index (χ3n) is 3.89. The molecular formula is C20H21N3O2. The predicted octanol–water partition coefficient (Wildman–Crippen LogP) is 3.38. The number of anilines is 1. The predicted molar refractivity (Wildman–Crippen MR) is 98.7 cm³/mol. The number of carbonyl (C=O) groups excluding carboxylic acids is 1. The first-order valence-electron chi connectivity index (χ1n) is 8.19. The van der Waals surface area contributed by atoms with E-state index < -0.39 is 0 Å². The minimum Gasteiger partial charge on any atom is -0.444 e. The summed E-state index contributed by atoms with van der Waals surface area (Å²) in [6, 6.07) is 17.3. The van der Waals surface area contributed by atoms with Crippen LogP contribution >= 0.6 is 0 Å². The molecule has 1 N–H and O–H groups in total. The van der Waals surface area contributed by atoms with Crippen molar-refractivity contribution in [1.29, 1.82) is 0 Å². The summed E-state index contributed by atoms with van der Waals surface area (Å²) in [5.74, 6) is 0.512. The molecule has 0 saturated heterocycles. The topological polar surface area (TPSA) is 58.4 Å². The van der Waals surface area contributed by atoms with Gasteiger partial charge in [-0.15, -0.1) is 0 Å². The van der Waals surface area contributed by atoms with Crippen LogP contribution in [0.5, 0.6) is 0 Å². The quantitative estimate of drug-likeness (QED) is 0.750. The highest BCUT2D eigenvalue weighted by atomic mass is 16.3. The van der Waals surface area contributed by atoms with Gasteiger partial charge >= 0.3 is 0 Å². The van der Waals surface area contributed by atoms with Crippen molar-refractivity contribution in [2.45, 2.75) is 6.42 Å². The van der Waals surface area contributed by atoms with Crippen molar-refractivity contribution in [1.82, 2.24) is 10.3 Å². The van der Waals surface area contributed by atoms with Gasteiger partial charge in [0, 0.05) is 43.9 Å². The van der Waals surface area contributed by atoms with E-state index in [9.17, 15) is 4.79 Å². The van der Waals surface area contributed by atoms with Gasteiger partial charge in [0.1, 0.15) is 6.26 Å². The van der Waals surface area contributed by atoms with Crippen LogP contribution in [0.1, 0.15) is 16.1 Å². The summed E-state index contributed by atoms with van der Waals surface area (Å²) in [7, 11) is 3.94. The Morgan fingerprint density at radius 3 is 2.48 bits per heavy atom. The van der Waals surface area contributed by atoms with E-state index in [2.05, 4.69) is 10.3 Å². The zero-order valence-corrected chi connectivity index (χ0v) is 14.4. The maximum atomic E-state index is 12.2. The second-order valence-electron chi connectivity index (χ2n) is 5.96. The number of hydrogen-bond donors (Lipinski definition) is 1. The zero-order valence-electron chi connectivity index (χ0n) is 14.4. The van der Waals surface area contributed by atoms with Gasteiger partial charge < -0.3 is 14.6 Å². The van der Waals surface area contributed by atoms with Crippen LogP contribution in [0.3, 0.4) is 0 Å². The van der Waals surface area contributed by atoms with Crippen molar-refractivity contribution in [3.63, 3.8) is 0 Å². The number of amides is 1. The molecule has 0 aliphatic rings. The van der Waals surface area contributed by atoms with E-state index >= 15 is 0 Å². The molecule has 5 nitrogen and oxygen atoms in total. The highest BCUT2D eigenvalue weighted by Crippen LogP contribution is 2.18. The molecule has 0 atom stereocenters. The lowest BCUT2D eigenvalue weighted by atomic mass is 10.2. The third-order valence-corrected chi connectivity index (χ3v) is 3.89. The van der Waals surface area contributed by atoms with Gasteiger partial charge in [-0.25, -0.2) is 4.98 Å². The third kappa shape index (κ3) is 4.26. The molecule has 5 heteroatoms. The fraction of sp³-hybridized carbons (Fsp3) is 0.200. The van der Waals surface area contributed by atoms with Crippen LogP contribution < -0.4 is 10.2 Å². The molecule has 0 unspecified atom stereocenters. The molecule has 0 radical (unpaired) electrons. The Morgan fingerprint density at radius 1 is 1.08 bits per heavy atom. The molecule has 0 bridgehead atoms. The average molecular weight is 335 g/mol. The van der Waals surface area contributed by atoms with E-state index in [1.165, 1.54) is 0 Å². The van der Waals surface area contributed by atoms with Crippen LogP contribution in [0.15, 0.2) is 65.3 Å².